The highest BCUT2D eigenvalue weighted by Gasteiger charge is 2.10. The molecule has 9 nitrogen and oxygen atoms in total. The van der Waals surface area contributed by atoms with Gasteiger partial charge in [0.05, 0.1) is 10.6 Å². The van der Waals surface area contributed by atoms with Gasteiger partial charge in [0.25, 0.3) is 5.91 Å². The fourth-order valence-corrected chi connectivity index (χ4v) is 4.47. The van der Waals surface area contributed by atoms with Crippen molar-refractivity contribution in [1.29, 1.82) is 0 Å². The minimum Gasteiger partial charge on any atom is -0.452 e. The molecule has 0 atom stereocenters. The Morgan fingerprint density at radius 2 is 1.73 bits per heavy atom. The number of sulfonamides is 1. The van der Waals surface area contributed by atoms with Crippen LogP contribution in [0.5, 0.6) is 0 Å². The zero-order chi connectivity index (χ0) is 26.3. The van der Waals surface area contributed by atoms with Gasteiger partial charge in [-0.05, 0) is 42.0 Å². The average Bonchev–Trinajstić information content (AvgIpc) is 3.36. The molecule has 1 amide bonds. The van der Waals surface area contributed by atoms with Gasteiger partial charge in [-0.1, -0.05) is 48.5 Å². The monoisotopic (exact) mass is 534 g/mol. The molecule has 0 saturated heterocycles. The number of anilines is 3. The number of thiazole rings is 1. The molecule has 4 rings (SSSR count). The van der Waals surface area contributed by atoms with Gasteiger partial charge in [-0.2, -0.15) is 0 Å². The Morgan fingerprint density at radius 1 is 0.973 bits per heavy atom. The highest BCUT2D eigenvalue weighted by atomic mass is 32.2. The number of amides is 1. The minimum absolute atomic E-state index is 0.00725. The van der Waals surface area contributed by atoms with Crippen molar-refractivity contribution in [2.75, 3.05) is 17.2 Å². The minimum atomic E-state index is -3.80. The summed E-state index contributed by atoms with van der Waals surface area (Å²) < 4.78 is 28.0. The Kier molecular flexibility index (Phi) is 8.08. The first kappa shape index (κ1) is 25.8. The van der Waals surface area contributed by atoms with E-state index in [4.69, 9.17) is 9.88 Å². The Labute approximate surface area is 217 Å². The smallest absolute Gasteiger partial charge is 0.331 e. The Morgan fingerprint density at radius 3 is 2.46 bits per heavy atom. The third-order valence-electron chi connectivity index (χ3n) is 4.94. The third-order valence-corrected chi connectivity index (χ3v) is 6.61. The number of ether oxygens (including phenoxy) is 1. The van der Waals surface area contributed by atoms with Gasteiger partial charge in [0.2, 0.25) is 10.0 Å². The predicted molar refractivity (Wildman–Crippen MR) is 144 cm³/mol. The first-order chi connectivity index (χ1) is 17.8. The zero-order valence-electron chi connectivity index (χ0n) is 19.3. The summed E-state index contributed by atoms with van der Waals surface area (Å²) >= 11 is 1.28. The van der Waals surface area contributed by atoms with Crippen LogP contribution in [0.2, 0.25) is 0 Å². The number of nitrogens with zero attached hydrogens (tertiary/aromatic N) is 1. The Balaban J connectivity index is 1.25. The van der Waals surface area contributed by atoms with Crippen LogP contribution >= 0.6 is 11.3 Å². The number of benzene rings is 3. The lowest BCUT2D eigenvalue weighted by molar-refractivity contribution is -0.142. The molecular formula is C26H22N4O5S2. The van der Waals surface area contributed by atoms with Crippen molar-refractivity contribution in [2.24, 2.45) is 5.14 Å². The summed E-state index contributed by atoms with van der Waals surface area (Å²) in [5.74, 6) is -1.15. The van der Waals surface area contributed by atoms with E-state index >= 15 is 0 Å². The van der Waals surface area contributed by atoms with Crippen molar-refractivity contribution in [3.8, 4) is 11.3 Å². The molecule has 4 N–H and O–H groups in total. The molecule has 0 aliphatic carbocycles. The number of primary sulfonamides is 1. The van der Waals surface area contributed by atoms with Crippen molar-refractivity contribution >= 4 is 55.8 Å². The van der Waals surface area contributed by atoms with Crippen molar-refractivity contribution < 1.29 is 22.7 Å². The van der Waals surface area contributed by atoms with Gasteiger partial charge < -0.3 is 10.1 Å². The zero-order valence-corrected chi connectivity index (χ0v) is 21.0. The molecule has 11 heteroatoms. The highest BCUT2D eigenvalue weighted by molar-refractivity contribution is 7.89. The van der Waals surface area contributed by atoms with E-state index in [9.17, 15) is 18.0 Å². The Bertz CT molecular complexity index is 1530. The van der Waals surface area contributed by atoms with E-state index in [1.54, 1.807) is 42.5 Å². The topological polar surface area (TPSA) is 140 Å². The summed E-state index contributed by atoms with van der Waals surface area (Å²) in [6.45, 7) is -0.441. The summed E-state index contributed by atoms with van der Waals surface area (Å²) in [5.41, 5.74) is 3.68. The second-order valence-electron chi connectivity index (χ2n) is 7.71. The number of nitrogens with one attached hydrogen (secondary N) is 2. The number of esters is 1. The molecule has 0 fully saturated rings. The number of aromatic nitrogens is 1. The maximum Gasteiger partial charge on any atom is 0.331 e. The molecule has 3 aromatic carbocycles. The van der Waals surface area contributed by atoms with E-state index < -0.39 is 28.5 Å². The van der Waals surface area contributed by atoms with Gasteiger partial charge in [-0.15, -0.1) is 11.3 Å². The van der Waals surface area contributed by atoms with E-state index in [-0.39, 0.29) is 4.90 Å². The number of carbonyl (C=O) groups is 2. The van der Waals surface area contributed by atoms with Crippen LogP contribution in [-0.4, -0.2) is 31.9 Å². The van der Waals surface area contributed by atoms with Gasteiger partial charge in [0.15, 0.2) is 11.7 Å². The van der Waals surface area contributed by atoms with E-state index in [0.29, 0.717) is 16.5 Å². The molecule has 0 spiro atoms. The molecule has 1 heterocycles. The first-order valence-corrected chi connectivity index (χ1v) is 13.3. The summed E-state index contributed by atoms with van der Waals surface area (Å²) in [6, 6.07) is 22.8. The molecule has 0 radical (unpaired) electrons. The van der Waals surface area contributed by atoms with Crippen LogP contribution in [-0.2, 0) is 24.3 Å². The number of hydrogen-bond acceptors (Lipinski definition) is 8. The van der Waals surface area contributed by atoms with Crippen LogP contribution in [0, 0.1) is 0 Å². The van der Waals surface area contributed by atoms with Crippen molar-refractivity contribution in [3.05, 3.63) is 95.9 Å². The van der Waals surface area contributed by atoms with Gasteiger partial charge in [-0.25, -0.2) is 23.3 Å². The number of carbonyl (C=O) groups excluding carboxylic acids is 2. The van der Waals surface area contributed by atoms with Crippen LogP contribution in [0.3, 0.4) is 0 Å². The number of hydrogen-bond donors (Lipinski definition) is 3. The van der Waals surface area contributed by atoms with Gasteiger partial charge in [0, 0.05) is 28.4 Å². The van der Waals surface area contributed by atoms with Crippen LogP contribution in [0.1, 0.15) is 5.56 Å². The van der Waals surface area contributed by atoms with E-state index in [1.165, 1.54) is 29.5 Å². The van der Waals surface area contributed by atoms with Gasteiger partial charge >= 0.3 is 5.97 Å². The van der Waals surface area contributed by atoms with E-state index in [1.807, 2.05) is 35.7 Å². The fourth-order valence-electron chi connectivity index (χ4n) is 3.17. The van der Waals surface area contributed by atoms with Crippen LogP contribution < -0.4 is 15.8 Å². The summed E-state index contributed by atoms with van der Waals surface area (Å²) in [5, 5.41) is 13.1. The molecular weight excluding hydrogens is 512 g/mol. The molecule has 0 bridgehead atoms. The fraction of sp³-hybridized carbons (Fsp3) is 0.0385. The molecule has 0 unspecified atom stereocenters. The second kappa shape index (κ2) is 11.6. The molecule has 4 aromatic rings. The summed E-state index contributed by atoms with van der Waals surface area (Å²) in [7, 11) is -3.80. The van der Waals surface area contributed by atoms with E-state index in [0.717, 1.165) is 16.8 Å². The molecule has 0 aliphatic heterocycles. The van der Waals surface area contributed by atoms with Crippen LogP contribution in [0.15, 0.2) is 95.2 Å². The second-order valence-corrected chi connectivity index (χ2v) is 10.1. The number of rotatable bonds is 9. The average molecular weight is 535 g/mol. The third kappa shape index (κ3) is 7.58. The summed E-state index contributed by atoms with van der Waals surface area (Å²) in [4.78, 5) is 28.5. The van der Waals surface area contributed by atoms with Crippen molar-refractivity contribution in [1.82, 2.24) is 4.98 Å². The molecule has 0 aliphatic rings. The van der Waals surface area contributed by atoms with Crippen LogP contribution in [0.4, 0.5) is 16.5 Å². The van der Waals surface area contributed by atoms with Crippen molar-refractivity contribution in [3.63, 3.8) is 0 Å². The maximum absolute atomic E-state index is 12.1. The lowest BCUT2D eigenvalue weighted by Crippen LogP contribution is -2.20. The quantitative estimate of drug-likeness (QED) is 0.214. The Hall–Kier alpha value is -4.32. The first-order valence-electron chi connectivity index (χ1n) is 10.9. The molecule has 1 aromatic heterocycles. The van der Waals surface area contributed by atoms with E-state index in [2.05, 4.69) is 15.6 Å². The normalized spacial score (nSPS) is 11.3. The standard InChI is InChI=1S/C26H22N4O5S2/c27-37(33,34)22-8-4-7-21(15-22)28-20-12-9-18(10-13-20)11-14-25(32)35-16-24(31)30-26-29-23(17-36-26)19-5-2-1-3-6-19/h1-15,17,28H,16H2,(H2,27,33,34)(H,29,30,31). The lowest BCUT2D eigenvalue weighted by atomic mass is 10.2. The molecule has 188 valence electrons. The molecule has 37 heavy (non-hydrogen) atoms. The maximum atomic E-state index is 12.1. The summed E-state index contributed by atoms with van der Waals surface area (Å²) in [6.07, 6.45) is 2.78. The SMILES string of the molecule is NS(=O)(=O)c1cccc(Nc2ccc(C=CC(=O)OCC(=O)Nc3nc(-c4ccccc4)cs3)cc2)c1. The van der Waals surface area contributed by atoms with Crippen molar-refractivity contribution in [2.45, 2.75) is 4.90 Å². The number of nitrogens with two attached hydrogens (primary N) is 1. The lowest BCUT2D eigenvalue weighted by Gasteiger charge is -2.08. The largest absolute Gasteiger partial charge is 0.452 e. The van der Waals surface area contributed by atoms with Gasteiger partial charge in [0.1, 0.15) is 0 Å². The highest BCUT2D eigenvalue weighted by Crippen LogP contribution is 2.24. The molecule has 0 saturated carbocycles. The predicted octanol–water partition coefficient (Wildman–Crippen LogP) is 4.40. The van der Waals surface area contributed by atoms with Gasteiger partial charge in [-0.3, -0.25) is 10.1 Å². The van der Waals surface area contributed by atoms with Crippen LogP contribution in [0.25, 0.3) is 17.3 Å².